The number of hydrogen-bond acceptors (Lipinski definition) is 5. The van der Waals surface area contributed by atoms with Crippen molar-refractivity contribution in [2.24, 2.45) is 0 Å². The molecular weight excluding hydrogens is 270 g/mol. The number of carboxylic acids is 1. The average Bonchev–Trinajstić information content (AvgIpc) is 2.95. The van der Waals surface area contributed by atoms with E-state index in [1.807, 2.05) is 0 Å². The van der Waals surface area contributed by atoms with E-state index >= 15 is 0 Å². The summed E-state index contributed by atoms with van der Waals surface area (Å²) in [5.41, 5.74) is 1.55. The van der Waals surface area contributed by atoms with Crippen molar-refractivity contribution in [3.63, 3.8) is 0 Å². The van der Waals surface area contributed by atoms with Gasteiger partial charge in [-0.1, -0.05) is 5.16 Å². The van der Waals surface area contributed by atoms with Crippen molar-refractivity contribution >= 4 is 23.8 Å². The minimum absolute atomic E-state index is 0.285. The number of nitrogens with one attached hydrogen (secondary N) is 1. The lowest BCUT2D eigenvalue weighted by molar-refractivity contribution is -0.140. The molecule has 1 aromatic heterocycles. The number of carbonyl (C=O) groups excluding carboxylic acids is 1. The molecular formula is C11H15N3O4S. The molecule has 1 aromatic rings. The van der Waals surface area contributed by atoms with Crippen LogP contribution in [0.4, 0.5) is 4.79 Å². The summed E-state index contributed by atoms with van der Waals surface area (Å²) in [6, 6.07) is -1.13. The first-order valence-electron chi connectivity index (χ1n) is 5.77. The van der Waals surface area contributed by atoms with Gasteiger partial charge in [-0.15, -0.1) is 11.8 Å². The first-order chi connectivity index (χ1) is 9.00. The van der Waals surface area contributed by atoms with Crippen molar-refractivity contribution in [3.05, 3.63) is 17.0 Å². The maximum Gasteiger partial charge on any atom is 0.327 e. The molecule has 0 radical (unpaired) electrons. The second-order valence-electron chi connectivity index (χ2n) is 4.29. The third-order valence-electron chi connectivity index (χ3n) is 3.03. The molecule has 1 unspecified atom stereocenters. The maximum atomic E-state index is 12.0. The van der Waals surface area contributed by atoms with Gasteiger partial charge < -0.3 is 19.8 Å². The Balaban J connectivity index is 1.96. The van der Waals surface area contributed by atoms with Gasteiger partial charge in [0.05, 0.1) is 11.6 Å². The first-order valence-corrected chi connectivity index (χ1v) is 6.93. The summed E-state index contributed by atoms with van der Waals surface area (Å²) in [6.07, 6.45) is 0. The van der Waals surface area contributed by atoms with E-state index in [1.165, 1.54) is 16.7 Å². The molecule has 19 heavy (non-hydrogen) atoms. The Morgan fingerprint density at radius 1 is 1.58 bits per heavy atom. The van der Waals surface area contributed by atoms with Crippen LogP contribution in [0.1, 0.15) is 17.0 Å². The topological polar surface area (TPSA) is 95.7 Å². The van der Waals surface area contributed by atoms with Gasteiger partial charge in [-0.2, -0.15) is 0 Å². The molecule has 8 heteroatoms. The third-order valence-corrected chi connectivity index (χ3v) is 4.04. The molecule has 0 saturated carbocycles. The number of thioether (sulfide) groups is 1. The predicted octanol–water partition coefficient (Wildman–Crippen LogP) is 0.961. The van der Waals surface area contributed by atoms with Crippen molar-refractivity contribution in [2.45, 2.75) is 26.4 Å². The summed E-state index contributed by atoms with van der Waals surface area (Å²) in [6.45, 7) is 3.85. The minimum Gasteiger partial charge on any atom is -0.480 e. The standard InChI is InChI=1S/C11H15N3O4S/c1-6-8(7(2)18-13-6)3-12-11(17)14-5-19-4-9(14)10(15)16/h9H,3-5H2,1-2H3,(H,12,17)(H,15,16). The van der Waals surface area contributed by atoms with Gasteiger partial charge in [-0.25, -0.2) is 9.59 Å². The van der Waals surface area contributed by atoms with Gasteiger partial charge in [0, 0.05) is 17.9 Å². The highest BCUT2D eigenvalue weighted by Crippen LogP contribution is 2.21. The molecule has 0 aromatic carbocycles. The van der Waals surface area contributed by atoms with Crippen LogP contribution in [0.25, 0.3) is 0 Å². The number of aromatic nitrogens is 1. The Hall–Kier alpha value is -1.70. The fraction of sp³-hybridized carbons (Fsp3) is 0.545. The zero-order chi connectivity index (χ0) is 14.0. The Bertz CT molecular complexity index is 483. The van der Waals surface area contributed by atoms with E-state index in [9.17, 15) is 9.59 Å². The summed E-state index contributed by atoms with van der Waals surface area (Å²) in [5, 5.41) is 15.5. The Kier molecular flexibility index (Phi) is 3.98. The van der Waals surface area contributed by atoms with Crippen molar-refractivity contribution < 1.29 is 19.2 Å². The number of aliphatic carboxylic acids is 1. The zero-order valence-electron chi connectivity index (χ0n) is 10.7. The minimum atomic E-state index is -0.975. The van der Waals surface area contributed by atoms with E-state index in [1.54, 1.807) is 13.8 Å². The van der Waals surface area contributed by atoms with E-state index in [2.05, 4.69) is 10.5 Å². The van der Waals surface area contributed by atoms with Gasteiger partial charge in [0.25, 0.3) is 0 Å². The van der Waals surface area contributed by atoms with Gasteiger partial charge in [0.2, 0.25) is 0 Å². The van der Waals surface area contributed by atoms with Crippen LogP contribution in [0.2, 0.25) is 0 Å². The van der Waals surface area contributed by atoms with Crippen LogP contribution >= 0.6 is 11.8 Å². The lowest BCUT2D eigenvalue weighted by Crippen LogP contribution is -2.46. The second-order valence-corrected chi connectivity index (χ2v) is 5.28. The molecule has 2 heterocycles. The molecule has 1 aliphatic heterocycles. The van der Waals surface area contributed by atoms with Crippen LogP contribution < -0.4 is 5.32 Å². The van der Waals surface area contributed by atoms with E-state index in [4.69, 9.17) is 9.63 Å². The van der Waals surface area contributed by atoms with Gasteiger partial charge in [0.15, 0.2) is 0 Å². The van der Waals surface area contributed by atoms with Crippen LogP contribution in [-0.2, 0) is 11.3 Å². The number of amides is 2. The van der Waals surface area contributed by atoms with Gasteiger partial charge in [0.1, 0.15) is 11.8 Å². The number of hydrogen-bond donors (Lipinski definition) is 2. The zero-order valence-corrected chi connectivity index (χ0v) is 11.5. The monoisotopic (exact) mass is 285 g/mol. The molecule has 104 valence electrons. The number of aryl methyl sites for hydroxylation is 2. The molecule has 0 bridgehead atoms. The quantitative estimate of drug-likeness (QED) is 0.858. The number of urea groups is 1. The molecule has 1 saturated heterocycles. The Morgan fingerprint density at radius 2 is 2.32 bits per heavy atom. The Morgan fingerprint density at radius 3 is 2.89 bits per heavy atom. The largest absolute Gasteiger partial charge is 0.480 e. The molecule has 1 fully saturated rings. The molecule has 2 N–H and O–H groups in total. The number of rotatable bonds is 3. The summed E-state index contributed by atoms with van der Waals surface area (Å²) in [7, 11) is 0. The molecule has 2 amide bonds. The maximum absolute atomic E-state index is 12.0. The highest BCUT2D eigenvalue weighted by atomic mass is 32.2. The molecule has 2 rings (SSSR count). The van der Waals surface area contributed by atoms with Crippen molar-refractivity contribution in [2.75, 3.05) is 11.6 Å². The number of carbonyl (C=O) groups is 2. The highest BCUT2D eigenvalue weighted by Gasteiger charge is 2.34. The number of nitrogens with zero attached hydrogens (tertiary/aromatic N) is 2. The summed E-state index contributed by atoms with van der Waals surface area (Å²) < 4.78 is 5.00. The predicted molar refractivity (Wildman–Crippen MR) is 68.8 cm³/mol. The summed E-state index contributed by atoms with van der Waals surface area (Å²) in [5.74, 6) is 0.499. The van der Waals surface area contributed by atoms with Crippen molar-refractivity contribution in [1.82, 2.24) is 15.4 Å². The smallest absolute Gasteiger partial charge is 0.327 e. The van der Waals surface area contributed by atoms with Gasteiger partial charge >= 0.3 is 12.0 Å². The fourth-order valence-corrected chi connectivity index (χ4v) is 3.01. The molecule has 1 aliphatic rings. The second kappa shape index (κ2) is 5.52. The van der Waals surface area contributed by atoms with Crippen LogP contribution in [0, 0.1) is 13.8 Å². The molecule has 1 atom stereocenters. The molecule has 0 aliphatic carbocycles. The fourth-order valence-electron chi connectivity index (χ4n) is 1.87. The number of carboxylic acid groups (broad SMARTS) is 1. The van der Waals surface area contributed by atoms with Crippen LogP contribution in [0.3, 0.4) is 0 Å². The van der Waals surface area contributed by atoms with Crippen LogP contribution in [0.15, 0.2) is 4.52 Å². The van der Waals surface area contributed by atoms with Gasteiger partial charge in [-0.05, 0) is 13.8 Å². The van der Waals surface area contributed by atoms with Crippen molar-refractivity contribution in [1.29, 1.82) is 0 Å². The average molecular weight is 285 g/mol. The summed E-state index contributed by atoms with van der Waals surface area (Å²) in [4.78, 5) is 24.3. The highest BCUT2D eigenvalue weighted by molar-refractivity contribution is 7.99. The first kappa shape index (κ1) is 13.7. The normalized spacial score (nSPS) is 18.6. The summed E-state index contributed by atoms with van der Waals surface area (Å²) >= 11 is 1.43. The lowest BCUT2D eigenvalue weighted by Gasteiger charge is -2.20. The van der Waals surface area contributed by atoms with Gasteiger partial charge in [-0.3, -0.25) is 0 Å². The van der Waals surface area contributed by atoms with Crippen LogP contribution in [-0.4, -0.2) is 44.8 Å². The van der Waals surface area contributed by atoms with E-state index < -0.39 is 12.0 Å². The lowest BCUT2D eigenvalue weighted by atomic mass is 10.2. The molecule has 7 nitrogen and oxygen atoms in total. The van der Waals surface area contributed by atoms with Crippen LogP contribution in [0.5, 0.6) is 0 Å². The van der Waals surface area contributed by atoms with E-state index in [-0.39, 0.29) is 12.6 Å². The van der Waals surface area contributed by atoms with E-state index in [0.29, 0.717) is 17.4 Å². The molecule has 0 spiro atoms. The SMILES string of the molecule is Cc1noc(C)c1CNC(=O)N1CSCC1C(=O)O. The Labute approximate surface area is 114 Å². The van der Waals surface area contributed by atoms with E-state index in [0.717, 1.165) is 11.3 Å². The third kappa shape index (κ3) is 2.83. The van der Waals surface area contributed by atoms with Crippen molar-refractivity contribution in [3.8, 4) is 0 Å².